The van der Waals surface area contributed by atoms with Gasteiger partial charge in [-0.25, -0.2) is 0 Å². The standard InChI is InChI=1S/Al.As.Mg.Mn. The van der Waals surface area contributed by atoms with Gasteiger partial charge in [-0.3, -0.25) is 0 Å². The van der Waals surface area contributed by atoms with Gasteiger partial charge in [0, 0.05) is 75.4 Å². The molecule has 0 rings (SSSR count). The van der Waals surface area contributed by atoms with E-state index in [9.17, 15) is 0 Å². The van der Waals surface area contributed by atoms with E-state index in [2.05, 4.69) is 0 Å². The van der Waals surface area contributed by atoms with Crippen LogP contribution in [-0.4, -0.2) is 58.4 Å². The minimum absolute atomic E-state index is 0. The molecule has 0 unspecified atom stereocenters. The van der Waals surface area contributed by atoms with Crippen LogP contribution >= 0.6 is 0 Å². The summed E-state index contributed by atoms with van der Waals surface area (Å²) in [5.41, 5.74) is 0. The van der Waals surface area contributed by atoms with E-state index in [1.165, 1.54) is 0 Å². The first-order valence-electron chi connectivity index (χ1n) is 0. The molecule has 0 bridgehead atoms. The van der Waals surface area contributed by atoms with E-state index in [0.29, 0.717) is 0 Å². The van der Waals surface area contributed by atoms with Crippen molar-refractivity contribution in [3.05, 3.63) is 0 Å². The molecule has 0 aliphatic rings. The van der Waals surface area contributed by atoms with E-state index in [1.807, 2.05) is 0 Å². The first kappa shape index (κ1) is 32.6. The molecular weight excluding hydrogens is 181 g/mol. The predicted octanol–water partition coefficient (Wildman–Crippen LogP) is -1.14. The second-order valence-corrected chi connectivity index (χ2v) is 0. The van der Waals surface area contributed by atoms with Crippen LogP contribution in [0.15, 0.2) is 0 Å². The van der Waals surface area contributed by atoms with E-state index in [4.69, 9.17) is 0 Å². The van der Waals surface area contributed by atoms with E-state index in [0.717, 1.165) is 0 Å². The first-order chi connectivity index (χ1) is 0. The van der Waals surface area contributed by atoms with Gasteiger partial charge in [-0.05, 0) is 0 Å². The summed E-state index contributed by atoms with van der Waals surface area (Å²) < 4.78 is 0. The van der Waals surface area contributed by atoms with E-state index in [-0.39, 0.29) is 75.4 Å². The molecule has 17 valence electrons. The minimum atomic E-state index is 0. The molecule has 0 aromatic carbocycles. The Morgan fingerprint density at radius 1 is 1.00 bits per heavy atom. The maximum atomic E-state index is 0. The van der Waals surface area contributed by atoms with Gasteiger partial charge in [0.05, 0.1) is 0 Å². The monoisotopic (exact) mass is 181 g/mol. The van der Waals surface area contributed by atoms with Crippen LogP contribution in [0.4, 0.5) is 0 Å². The van der Waals surface area contributed by atoms with Crippen molar-refractivity contribution in [2.45, 2.75) is 0 Å². The molecule has 0 saturated heterocycles. The largest absolute Gasteiger partial charge is 0 e. The van der Waals surface area contributed by atoms with Crippen LogP contribution in [-0.2, 0) is 17.1 Å². The quantitative estimate of drug-likeness (QED) is 0.414. The third-order valence-corrected chi connectivity index (χ3v) is 0. The Bertz CT molecular complexity index is 8.00. The summed E-state index contributed by atoms with van der Waals surface area (Å²) in [6.45, 7) is 0. The van der Waals surface area contributed by atoms with Crippen LogP contribution in [0.3, 0.4) is 0 Å². The van der Waals surface area contributed by atoms with Crippen LogP contribution in [0.2, 0.25) is 0 Å². The van der Waals surface area contributed by atoms with Gasteiger partial charge in [0.25, 0.3) is 0 Å². The number of rotatable bonds is 0. The predicted molar refractivity (Wildman–Crippen MR) is 17.3 cm³/mol. The first-order valence-corrected chi connectivity index (χ1v) is 0. The molecule has 0 nitrogen and oxygen atoms in total. The zero-order valence-electron chi connectivity index (χ0n) is 2.11. The van der Waals surface area contributed by atoms with Crippen LogP contribution in [0.5, 0.6) is 0 Å². The van der Waals surface area contributed by atoms with Gasteiger partial charge in [0.2, 0.25) is 0 Å². The molecule has 0 heterocycles. The molecule has 0 N–H and O–H groups in total. The van der Waals surface area contributed by atoms with Crippen molar-refractivity contribution in [3.8, 4) is 0 Å². The molecule has 0 aliphatic heterocycles. The van der Waals surface area contributed by atoms with Crippen LogP contribution < -0.4 is 0 Å². The second-order valence-electron chi connectivity index (χ2n) is 0. The fourth-order valence-electron chi connectivity index (χ4n) is 0. The summed E-state index contributed by atoms with van der Waals surface area (Å²) in [5, 5.41) is 0. The molecule has 9 radical (unpaired) electrons. The fourth-order valence-corrected chi connectivity index (χ4v) is 0. The Morgan fingerprint density at radius 3 is 1.00 bits per heavy atom. The van der Waals surface area contributed by atoms with Crippen LogP contribution in [0.1, 0.15) is 0 Å². The van der Waals surface area contributed by atoms with E-state index < -0.39 is 0 Å². The van der Waals surface area contributed by atoms with E-state index >= 15 is 0 Å². The summed E-state index contributed by atoms with van der Waals surface area (Å²) in [6, 6.07) is 0. The SMILES string of the molecule is [Al].[As].[Mg].[Mn]. The Balaban J connectivity index is 0. The van der Waals surface area contributed by atoms with Crippen molar-refractivity contribution in [1.29, 1.82) is 0 Å². The third-order valence-electron chi connectivity index (χ3n) is 0. The maximum Gasteiger partial charge on any atom is 0 e. The smallest absolute Gasteiger partial charge is 0 e. The van der Waals surface area contributed by atoms with Gasteiger partial charge < -0.3 is 0 Å². The Morgan fingerprint density at radius 2 is 1.00 bits per heavy atom. The average Bonchev–Trinajstić information content (AvgIpc) is 0. The van der Waals surface area contributed by atoms with Gasteiger partial charge in [-0.2, -0.15) is 0 Å². The summed E-state index contributed by atoms with van der Waals surface area (Å²) in [7, 11) is 0. The van der Waals surface area contributed by atoms with Crippen molar-refractivity contribution in [3.63, 3.8) is 0 Å². The van der Waals surface area contributed by atoms with Crippen molar-refractivity contribution >= 4 is 58.4 Å². The summed E-state index contributed by atoms with van der Waals surface area (Å²) >= 11 is 0. The Labute approximate surface area is 74.5 Å². The van der Waals surface area contributed by atoms with E-state index in [1.54, 1.807) is 0 Å². The molecule has 0 atom stereocenters. The van der Waals surface area contributed by atoms with Gasteiger partial charge in [-0.1, -0.05) is 0 Å². The molecule has 0 fully saturated rings. The van der Waals surface area contributed by atoms with Crippen molar-refractivity contribution in [2.75, 3.05) is 0 Å². The van der Waals surface area contributed by atoms with Crippen molar-refractivity contribution < 1.29 is 17.1 Å². The molecule has 0 spiro atoms. The average molecular weight is 181 g/mol. The summed E-state index contributed by atoms with van der Waals surface area (Å²) in [5.74, 6) is 0. The van der Waals surface area contributed by atoms with Crippen molar-refractivity contribution in [2.24, 2.45) is 0 Å². The maximum absolute atomic E-state index is 0. The topological polar surface area (TPSA) is 0 Å². The number of hydrogen-bond acceptors (Lipinski definition) is 0. The molecular formula is AlAsMgMn. The molecule has 4 heteroatoms. The summed E-state index contributed by atoms with van der Waals surface area (Å²) in [6.07, 6.45) is 0. The zero-order chi connectivity index (χ0) is 0. The fraction of sp³-hybridized carbons (Fsp3) is 0. The Kier molecular flexibility index (Phi) is 149. The van der Waals surface area contributed by atoms with Gasteiger partial charge in [0.1, 0.15) is 0 Å². The normalized spacial score (nSPS) is 0. The van der Waals surface area contributed by atoms with Gasteiger partial charge in [-0.15, -0.1) is 0 Å². The second kappa shape index (κ2) is 18.2. The van der Waals surface area contributed by atoms with Gasteiger partial charge in [0.15, 0.2) is 0 Å². The number of hydrogen-bond donors (Lipinski definition) is 0. The minimum Gasteiger partial charge on any atom is 0 e. The van der Waals surface area contributed by atoms with Crippen molar-refractivity contribution in [1.82, 2.24) is 0 Å². The molecule has 0 amide bonds. The van der Waals surface area contributed by atoms with Crippen LogP contribution in [0.25, 0.3) is 0 Å². The molecule has 0 aromatic rings. The zero-order valence-corrected chi connectivity index (χ0v) is 7.74. The molecule has 0 aromatic heterocycles. The van der Waals surface area contributed by atoms with Crippen LogP contribution in [0, 0.1) is 0 Å². The third kappa shape index (κ3) is 8.83. The molecule has 0 saturated carbocycles. The van der Waals surface area contributed by atoms with Gasteiger partial charge >= 0.3 is 0 Å². The summed E-state index contributed by atoms with van der Waals surface area (Å²) in [4.78, 5) is 0. The Hall–Kier alpha value is 2.38. The molecule has 4 heavy (non-hydrogen) atoms. The molecule has 0 aliphatic carbocycles.